The van der Waals surface area contributed by atoms with Crippen LogP contribution in [0.2, 0.25) is 0 Å². The second-order valence-electron chi connectivity index (χ2n) is 6.37. The number of hydrogen-bond acceptors (Lipinski definition) is 3. The van der Waals surface area contributed by atoms with Crippen LogP contribution in [0.15, 0.2) is 24.3 Å². The highest BCUT2D eigenvalue weighted by Gasteiger charge is 2.57. The largest absolute Gasteiger partial charge is 0.497 e. The Hall–Kier alpha value is -1.55. The van der Waals surface area contributed by atoms with E-state index in [0.29, 0.717) is 5.41 Å². The third kappa shape index (κ3) is 2.91. The van der Waals surface area contributed by atoms with Crippen LogP contribution >= 0.6 is 0 Å². The smallest absolute Gasteiger partial charge is 0.224 e. The molecule has 1 aliphatic heterocycles. The lowest BCUT2D eigenvalue weighted by Crippen LogP contribution is -2.34. The molecule has 0 bridgehead atoms. The Morgan fingerprint density at radius 1 is 1.33 bits per heavy atom. The minimum atomic E-state index is 0.0442. The standard InChI is InChI=1S/C17H24N2O2/c1-12(13-3-5-14(21-2)6-4-13)19-16(20)15-11-17(15)7-9-18-10-8-17/h3-6,12,15,18H,7-11H2,1-2H3,(H,19,20). The molecule has 2 fully saturated rings. The number of rotatable bonds is 4. The van der Waals surface area contributed by atoms with Crippen LogP contribution < -0.4 is 15.4 Å². The van der Waals surface area contributed by atoms with E-state index >= 15 is 0 Å². The molecule has 1 saturated carbocycles. The maximum atomic E-state index is 12.4. The van der Waals surface area contributed by atoms with Gasteiger partial charge in [0.05, 0.1) is 13.2 Å². The second kappa shape index (κ2) is 5.68. The number of ether oxygens (including phenoxy) is 1. The molecule has 2 aliphatic rings. The van der Waals surface area contributed by atoms with E-state index in [4.69, 9.17) is 4.74 Å². The Bertz CT molecular complexity index is 506. The summed E-state index contributed by atoms with van der Waals surface area (Å²) in [7, 11) is 1.66. The minimum absolute atomic E-state index is 0.0442. The fourth-order valence-electron chi connectivity index (χ4n) is 3.49. The molecule has 2 unspecified atom stereocenters. The zero-order valence-corrected chi connectivity index (χ0v) is 12.8. The van der Waals surface area contributed by atoms with Crippen molar-refractivity contribution in [2.24, 2.45) is 11.3 Å². The van der Waals surface area contributed by atoms with Crippen molar-refractivity contribution in [3.63, 3.8) is 0 Å². The zero-order valence-electron chi connectivity index (χ0n) is 12.8. The van der Waals surface area contributed by atoms with E-state index in [2.05, 4.69) is 10.6 Å². The molecule has 3 rings (SSSR count). The molecule has 1 aromatic carbocycles. The Labute approximate surface area is 126 Å². The number of nitrogens with one attached hydrogen (secondary N) is 2. The summed E-state index contributed by atoms with van der Waals surface area (Å²) < 4.78 is 5.16. The quantitative estimate of drug-likeness (QED) is 0.893. The third-order valence-corrected chi connectivity index (χ3v) is 5.08. The maximum Gasteiger partial charge on any atom is 0.224 e. The molecule has 0 radical (unpaired) electrons. The molecule has 1 heterocycles. The normalized spacial score (nSPS) is 24.4. The Balaban J connectivity index is 1.57. The predicted molar refractivity (Wildman–Crippen MR) is 82.2 cm³/mol. The van der Waals surface area contributed by atoms with Gasteiger partial charge in [-0.3, -0.25) is 4.79 Å². The van der Waals surface area contributed by atoms with Crippen LogP contribution in [0.5, 0.6) is 5.75 Å². The van der Waals surface area contributed by atoms with Gasteiger partial charge in [0.2, 0.25) is 5.91 Å². The summed E-state index contributed by atoms with van der Waals surface area (Å²) in [5.74, 6) is 1.29. The molecule has 4 heteroatoms. The van der Waals surface area contributed by atoms with Crippen LogP contribution in [0.3, 0.4) is 0 Å². The first-order chi connectivity index (χ1) is 10.1. The van der Waals surface area contributed by atoms with Gasteiger partial charge in [-0.25, -0.2) is 0 Å². The third-order valence-electron chi connectivity index (χ3n) is 5.08. The van der Waals surface area contributed by atoms with Gasteiger partial charge in [-0.2, -0.15) is 0 Å². The van der Waals surface area contributed by atoms with Crippen LogP contribution in [0.4, 0.5) is 0 Å². The van der Waals surface area contributed by atoms with Crippen molar-refractivity contribution in [1.29, 1.82) is 0 Å². The molecule has 114 valence electrons. The minimum Gasteiger partial charge on any atom is -0.497 e. The van der Waals surface area contributed by atoms with Gasteiger partial charge in [0.15, 0.2) is 0 Å². The van der Waals surface area contributed by atoms with Gasteiger partial charge in [0.1, 0.15) is 5.75 Å². The molecule has 1 spiro atoms. The average molecular weight is 288 g/mol. The summed E-state index contributed by atoms with van der Waals surface area (Å²) in [5, 5.41) is 6.54. The van der Waals surface area contributed by atoms with Gasteiger partial charge < -0.3 is 15.4 Å². The number of benzene rings is 1. The molecule has 2 N–H and O–H groups in total. The lowest BCUT2D eigenvalue weighted by atomic mass is 9.91. The first-order valence-corrected chi connectivity index (χ1v) is 7.80. The summed E-state index contributed by atoms with van der Waals surface area (Å²) in [6.45, 7) is 4.15. The molecular weight excluding hydrogens is 264 g/mol. The van der Waals surface area contributed by atoms with E-state index in [-0.39, 0.29) is 17.9 Å². The number of piperidine rings is 1. The monoisotopic (exact) mass is 288 g/mol. The van der Waals surface area contributed by atoms with E-state index in [1.807, 2.05) is 31.2 Å². The fourth-order valence-corrected chi connectivity index (χ4v) is 3.49. The Morgan fingerprint density at radius 3 is 2.62 bits per heavy atom. The number of carbonyl (C=O) groups excluding carboxylic acids is 1. The second-order valence-corrected chi connectivity index (χ2v) is 6.37. The fraction of sp³-hybridized carbons (Fsp3) is 0.588. The molecule has 1 aliphatic carbocycles. The van der Waals surface area contributed by atoms with Crippen LogP contribution in [0.25, 0.3) is 0 Å². The first-order valence-electron chi connectivity index (χ1n) is 7.80. The van der Waals surface area contributed by atoms with E-state index in [1.54, 1.807) is 7.11 Å². The van der Waals surface area contributed by atoms with Crippen molar-refractivity contribution in [3.05, 3.63) is 29.8 Å². The molecule has 4 nitrogen and oxygen atoms in total. The van der Waals surface area contributed by atoms with E-state index in [1.165, 1.54) is 0 Å². The molecule has 1 saturated heterocycles. The van der Waals surface area contributed by atoms with Crippen LogP contribution in [0.1, 0.15) is 37.8 Å². The summed E-state index contributed by atoms with van der Waals surface area (Å²) in [6, 6.07) is 7.93. The molecule has 2 atom stereocenters. The van der Waals surface area contributed by atoms with Gasteiger partial charge in [0.25, 0.3) is 0 Å². The van der Waals surface area contributed by atoms with Crippen molar-refractivity contribution >= 4 is 5.91 Å². The van der Waals surface area contributed by atoms with E-state index in [0.717, 1.165) is 43.7 Å². The molecule has 21 heavy (non-hydrogen) atoms. The topological polar surface area (TPSA) is 50.4 Å². The van der Waals surface area contributed by atoms with Gasteiger partial charge in [-0.15, -0.1) is 0 Å². The van der Waals surface area contributed by atoms with Crippen LogP contribution in [0, 0.1) is 11.3 Å². The molecular formula is C17H24N2O2. The summed E-state index contributed by atoms with van der Waals surface area (Å²) in [4.78, 5) is 12.4. The lowest BCUT2D eigenvalue weighted by molar-refractivity contribution is -0.123. The highest BCUT2D eigenvalue weighted by atomic mass is 16.5. The SMILES string of the molecule is COc1ccc(C(C)NC(=O)C2CC23CCNCC3)cc1. The van der Waals surface area contributed by atoms with Crippen molar-refractivity contribution in [1.82, 2.24) is 10.6 Å². The Kier molecular flexibility index (Phi) is 3.89. The van der Waals surface area contributed by atoms with Crippen LogP contribution in [-0.4, -0.2) is 26.1 Å². The van der Waals surface area contributed by atoms with Crippen molar-refractivity contribution in [3.8, 4) is 5.75 Å². The first kappa shape index (κ1) is 14.4. The predicted octanol–water partition coefficient (Wildman–Crippen LogP) is 2.26. The molecule has 1 aromatic rings. The van der Waals surface area contributed by atoms with E-state index < -0.39 is 0 Å². The van der Waals surface area contributed by atoms with Gasteiger partial charge in [-0.1, -0.05) is 12.1 Å². The number of amides is 1. The summed E-state index contributed by atoms with van der Waals surface area (Å²) >= 11 is 0. The van der Waals surface area contributed by atoms with Gasteiger partial charge in [0, 0.05) is 5.92 Å². The number of hydrogen-bond donors (Lipinski definition) is 2. The molecule has 1 amide bonds. The lowest BCUT2D eigenvalue weighted by Gasteiger charge is -2.23. The van der Waals surface area contributed by atoms with Crippen molar-refractivity contribution in [2.45, 2.75) is 32.2 Å². The maximum absolute atomic E-state index is 12.4. The highest BCUT2D eigenvalue weighted by molar-refractivity contribution is 5.83. The number of methoxy groups -OCH3 is 1. The summed E-state index contributed by atoms with van der Waals surface area (Å²) in [6.07, 6.45) is 3.35. The Morgan fingerprint density at radius 2 is 2.00 bits per heavy atom. The molecule has 0 aromatic heterocycles. The highest BCUT2D eigenvalue weighted by Crippen LogP contribution is 2.58. The average Bonchev–Trinajstić information content (AvgIpc) is 3.21. The van der Waals surface area contributed by atoms with Crippen molar-refractivity contribution in [2.75, 3.05) is 20.2 Å². The zero-order chi connectivity index (χ0) is 14.9. The number of carbonyl (C=O) groups is 1. The van der Waals surface area contributed by atoms with Crippen molar-refractivity contribution < 1.29 is 9.53 Å². The van der Waals surface area contributed by atoms with Gasteiger partial charge >= 0.3 is 0 Å². The summed E-state index contributed by atoms with van der Waals surface area (Å²) in [5.41, 5.74) is 1.42. The van der Waals surface area contributed by atoms with E-state index in [9.17, 15) is 4.79 Å². The van der Waals surface area contributed by atoms with Crippen LogP contribution in [-0.2, 0) is 4.79 Å². The van der Waals surface area contributed by atoms with Gasteiger partial charge in [-0.05, 0) is 62.4 Å².